The number of hydrogen-bond donors (Lipinski definition) is 1. The summed E-state index contributed by atoms with van der Waals surface area (Å²) >= 11 is 1.37. The van der Waals surface area contributed by atoms with Crippen LogP contribution in [0.2, 0.25) is 0 Å². The second-order valence-corrected chi connectivity index (χ2v) is 12.1. The van der Waals surface area contributed by atoms with Crippen LogP contribution in [-0.2, 0) is 14.4 Å². The molecule has 10 heteroatoms. The molecule has 1 aliphatic carbocycles. The Morgan fingerprint density at radius 2 is 1.79 bits per heavy atom. The van der Waals surface area contributed by atoms with Crippen molar-refractivity contribution in [3.8, 4) is 22.4 Å². The second kappa shape index (κ2) is 12.1. The van der Waals surface area contributed by atoms with Crippen LogP contribution in [0.1, 0.15) is 44.9 Å². The Morgan fingerprint density at radius 1 is 1.00 bits per heavy atom. The Bertz CT molecular complexity index is 1500. The highest BCUT2D eigenvalue weighted by Crippen LogP contribution is 2.41. The van der Waals surface area contributed by atoms with Crippen molar-refractivity contribution < 1.29 is 23.9 Å². The molecule has 2 aliphatic heterocycles. The normalized spacial score (nSPS) is 23.4. The lowest BCUT2D eigenvalue weighted by Gasteiger charge is -2.34. The third-order valence-electron chi connectivity index (χ3n) is 8.76. The van der Waals surface area contributed by atoms with Gasteiger partial charge in [0.25, 0.3) is 5.91 Å². The number of hydrogen-bond acceptors (Lipinski definition) is 6. The lowest BCUT2D eigenvalue weighted by Crippen LogP contribution is -2.43. The Hall–Kier alpha value is -3.92. The number of benzene rings is 1. The van der Waals surface area contributed by atoms with Crippen LogP contribution >= 0.6 is 11.3 Å². The maximum atomic E-state index is 14.0. The molecule has 0 bridgehead atoms. The first-order chi connectivity index (χ1) is 20.4. The highest BCUT2D eigenvalue weighted by Gasteiger charge is 2.40. The summed E-state index contributed by atoms with van der Waals surface area (Å²) in [5, 5.41) is 12.2. The third kappa shape index (κ3) is 5.60. The minimum absolute atomic E-state index is 0.0115. The summed E-state index contributed by atoms with van der Waals surface area (Å²) in [7, 11) is 0. The van der Waals surface area contributed by atoms with Crippen molar-refractivity contribution in [2.24, 2.45) is 17.8 Å². The number of thiazole rings is 1. The van der Waals surface area contributed by atoms with E-state index >= 15 is 0 Å². The molecule has 2 amide bonds. The standard InChI is InChI=1S/C32H33FN4O4S/c33-26-14-16-36(31(26)41)28-13-12-21(18-34-28)23-9-3-4-11-24(23)27-19-42-32(35-27)37-15-6-5-10-22(20-7-1-2-8-20)25(30(37)40)17-29(38)39/h3-6,9,11-13,18-20,22,25-26H,1-2,7-8,10,14-17H2,(H,38,39)/t22-,25-,26+/m0/s1. The van der Waals surface area contributed by atoms with Crippen molar-refractivity contribution in [1.82, 2.24) is 9.97 Å². The highest BCUT2D eigenvalue weighted by molar-refractivity contribution is 7.14. The average molecular weight is 589 g/mol. The van der Waals surface area contributed by atoms with E-state index < -0.39 is 24.0 Å². The van der Waals surface area contributed by atoms with Gasteiger partial charge in [0.05, 0.1) is 18.0 Å². The molecule has 0 spiro atoms. The lowest BCUT2D eigenvalue weighted by molar-refractivity contribution is -0.142. The van der Waals surface area contributed by atoms with Crippen LogP contribution in [0.25, 0.3) is 22.4 Å². The molecule has 42 heavy (non-hydrogen) atoms. The quantitative estimate of drug-likeness (QED) is 0.333. The topological polar surface area (TPSA) is 104 Å². The summed E-state index contributed by atoms with van der Waals surface area (Å²) in [6.45, 7) is 0.658. The summed E-state index contributed by atoms with van der Waals surface area (Å²) in [5.41, 5.74) is 3.26. The molecule has 6 rings (SSSR count). The number of amides is 2. The van der Waals surface area contributed by atoms with Gasteiger partial charge in [0.1, 0.15) is 5.82 Å². The molecule has 1 saturated heterocycles. The molecular weight excluding hydrogens is 555 g/mol. The number of aromatic nitrogens is 2. The molecule has 1 aromatic carbocycles. The van der Waals surface area contributed by atoms with Crippen LogP contribution < -0.4 is 9.80 Å². The zero-order valence-corrected chi connectivity index (χ0v) is 24.0. The molecule has 0 radical (unpaired) electrons. The van der Waals surface area contributed by atoms with Crippen LogP contribution in [0.5, 0.6) is 0 Å². The molecule has 8 nitrogen and oxygen atoms in total. The van der Waals surface area contributed by atoms with Gasteiger partial charge >= 0.3 is 5.97 Å². The minimum atomic E-state index is -1.48. The largest absolute Gasteiger partial charge is 0.481 e. The fourth-order valence-electron chi connectivity index (χ4n) is 6.62. The number of rotatable bonds is 7. The number of allylic oxidation sites excluding steroid dienone is 1. The summed E-state index contributed by atoms with van der Waals surface area (Å²) in [6, 6.07) is 11.3. The smallest absolute Gasteiger partial charge is 0.304 e. The van der Waals surface area contributed by atoms with E-state index in [2.05, 4.69) is 11.1 Å². The van der Waals surface area contributed by atoms with E-state index in [0.29, 0.717) is 35.7 Å². The van der Waals surface area contributed by atoms with Gasteiger partial charge < -0.3 is 5.11 Å². The number of anilines is 2. The molecule has 4 heterocycles. The predicted octanol–water partition coefficient (Wildman–Crippen LogP) is 6.14. The van der Waals surface area contributed by atoms with E-state index in [1.165, 1.54) is 16.2 Å². The summed E-state index contributed by atoms with van der Waals surface area (Å²) in [4.78, 5) is 50.2. The molecule has 2 fully saturated rings. The number of halogens is 1. The Morgan fingerprint density at radius 3 is 2.48 bits per heavy atom. The van der Waals surface area contributed by atoms with Crippen molar-refractivity contribution in [2.45, 2.75) is 51.1 Å². The van der Waals surface area contributed by atoms with Gasteiger partial charge in [-0.3, -0.25) is 24.2 Å². The minimum Gasteiger partial charge on any atom is -0.481 e. The SMILES string of the molecule is O=C(O)C[C@@H]1C(=O)N(c2nc(-c3ccccc3-c3ccc(N4CC[C@@H](F)C4=O)nc3)cs2)CC=CC[C@H]1C1CCCC1. The summed E-state index contributed by atoms with van der Waals surface area (Å²) < 4.78 is 13.7. The molecule has 1 N–H and O–H groups in total. The van der Waals surface area contributed by atoms with Gasteiger partial charge in [-0.1, -0.05) is 62.1 Å². The van der Waals surface area contributed by atoms with Crippen molar-refractivity contribution in [3.05, 3.63) is 60.1 Å². The van der Waals surface area contributed by atoms with Crippen LogP contribution in [0.3, 0.4) is 0 Å². The number of alkyl halides is 1. The fourth-order valence-corrected chi connectivity index (χ4v) is 7.46. The van der Waals surface area contributed by atoms with Gasteiger partial charge in [-0.25, -0.2) is 14.4 Å². The van der Waals surface area contributed by atoms with Gasteiger partial charge in [-0.15, -0.1) is 11.3 Å². The summed E-state index contributed by atoms with van der Waals surface area (Å²) in [6.07, 6.45) is 9.36. The Labute approximate surface area is 247 Å². The Kier molecular flexibility index (Phi) is 8.15. The zero-order chi connectivity index (χ0) is 29.2. The van der Waals surface area contributed by atoms with Crippen LogP contribution in [0.15, 0.2) is 60.1 Å². The first kappa shape index (κ1) is 28.2. The number of aliphatic carboxylic acids is 1. The van der Waals surface area contributed by atoms with Gasteiger partial charge in [0, 0.05) is 42.2 Å². The van der Waals surface area contributed by atoms with Crippen molar-refractivity contribution in [2.75, 3.05) is 22.9 Å². The lowest BCUT2D eigenvalue weighted by atomic mass is 9.75. The van der Waals surface area contributed by atoms with Gasteiger partial charge in [-0.2, -0.15) is 0 Å². The first-order valence-electron chi connectivity index (χ1n) is 14.6. The third-order valence-corrected chi connectivity index (χ3v) is 9.63. The first-order valence-corrected chi connectivity index (χ1v) is 15.4. The average Bonchev–Trinajstić information content (AvgIpc) is 3.76. The molecule has 3 aromatic rings. The van der Waals surface area contributed by atoms with E-state index in [1.54, 1.807) is 17.2 Å². The molecule has 218 valence electrons. The maximum Gasteiger partial charge on any atom is 0.304 e. The number of pyridine rings is 1. The Balaban J connectivity index is 1.28. The molecular formula is C32H33FN4O4S. The van der Waals surface area contributed by atoms with E-state index in [-0.39, 0.29) is 24.7 Å². The van der Waals surface area contributed by atoms with Gasteiger partial charge in [0.2, 0.25) is 5.91 Å². The molecule has 3 atom stereocenters. The van der Waals surface area contributed by atoms with E-state index in [0.717, 1.165) is 48.8 Å². The maximum absolute atomic E-state index is 14.0. The molecule has 2 aromatic heterocycles. The monoisotopic (exact) mass is 588 g/mol. The van der Waals surface area contributed by atoms with Crippen molar-refractivity contribution >= 4 is 40.1 Å². The number of carbonyl (C=O) groups excluding carboxylic acids is 2. The fraction of sp³-hybridized carbons (Fsp3) is 0.406. The zero-order valence-electron chi connectivity index (χ0n) is 23.2. The van der Waals surface area contributed by atoms with E-state index in [4.69, 9.17) is 4.98 Å². The van der Waals surface area contributed by atoms with Gasteiger partial charge in [0.15, 0.2) is 11.3 Å². The molecule has 0 unspecified atom stereocenters. The number of carbonyl (C=O) groups is 3. The number of carboxylic acids is 1. The number of nitrogens with zero attached hydrogens (tertiary/aromatic N) is 4. The summed E-state index contributed by atoms with van der Waals surface area (Å²) in [5.74, 6) is -1.46. The van der Waals surface area contributed by atoms with Gasteiger partial charge in [-0.05, 0) is 36.0 Å². The van der Waals surface area contributed by atoms with Crippen LogP contribution in [0, 0.1) is 17.8 Å². The van der Waals surface area contributed by atoms with E-state index in [9.17, 15) is 23.9 Å². The molecule has 3 aliphatic rings. The molecule has 1 saturated carbocycles. The van der Waals surface area contributed by atoms with Crippen LogP contribution in [-0.4, -0.2) is 52.1 Å². The van der Waals surface area contributed by atoms with Crippen molar-refractivity contribution in [3.63, 3.8) is 0 Å². The van der Waals surface area contributed by atoms with Crippen molar-refractivity contribution in [1.29, 1.82) is 0 Å². The second-order valence-electron chi connectivity index (χ2n) is 11.3. The predicted molar refractivity (Wildman–Crippen MR) is 160 cm³/mol. The highest BCUT2D eigenvalue weighted by atomic mass is 32.1. The van der Waals surface area contributed by atoms with E-state index in [1.807, 2.05) is 41.8 Å². The number of carboxylic acid groups (broad SMARTS) is 1. The van der Waals surface area contributed by atoms with Crippen LogP contribution in [0.4, 0.5) is 15.3 Å².